The van der Waals surface area contributed by atoms with Crippen LogP contribution in [0.1, 0.15) is 24.2 Å². The predicted octanol–water partition coefficient (Wildman–Crippen LogP) is 3.88. The Kier molecular flexibility index (Phi) is 4.16. The van der Waals surface area contributed by atoms with Crippen LogP contribution in [0.4, 0.5) is 0 Å². The smallest absolute Gasteiger partial charge is 0.215 e. The fraction of sp³-hybridized carbons (Fsp3) is 0.304. The average molecular weight is 382 g/mol. The Hall–Kier alpha value is -3.66. The van der Waals surface area contributed by atoms with Crippen LogP contribution in [-0.4, -0.2) is 11.7 Å². The molecule has 0 amide bonds. The SMILES string of the molecule is CC12OC(=N)C(C#N)(C1Cc1ccccc1)C(C#N)(C#N)C(c1ccccc1)O2. The van der Waals surface area contributed by atoms with Crippen LogP contribution in [0.3, 0.4) is 0 Å². The first-order valence-corrected chi connectivity index (χ1v) is 9.26. The van der Waals surface area contributed by atoms with Gasteiger partial charge in [-0.25, -0.2) is 0 Å². The molecule has 142 valence electrons. The quantitative estimate of drug-likeness (QED) is 0.865. The second-order valence-electron chi connectivity index (χ2n) is 7.55. The molecule has 0 aliphatic carbocycles. The van der Waals surface area contributed by atoms with E-state index in [2.05, 4.69) is 18.2 Å². The number of benzene rings is 2. The zero-order valence-corrected chi connectivity index (χ0v) is 15.8. The Labute approximate surface area is 169 Å². The number of fused-ring (bicyclic) bond motifs is 2. The molecule has 4 unspecified atom stereocenters. The monoisotopic (exact) mass is 382 g/mol. The normalized spacial score (nSPS) is 31.7. The van der Waals surface area contributed by atoms with Gasteiger partial charge in [0.25, 0.3) is 0 Å². The molecule has 2 fully saturated rings. The molecule has 6 nitrogen and oxygen atoms in total. The molecule has 4 atom stereocenters. The van der Waals surface area contributed by atoms with Gasteiger partial charge in [0, 0.05) is 6.92 Å². The molecule has 2 aromatic carbocycles. The van der Waals surface area contributed by atoms with Crippen molar-refractivity contribution in [3.8, 4) is 18.2 Å². The number of nitrogens with zero attached hydrogens (tertiary/aromatic N) is 3. The Morgan fingerprint density at radius 1 is 0.931 bits per heavy atom. The summed E-state index contributed by atoms with van der Waals surface area (Å²) in [5.74, 6) is -2.40. The molecule has 0 spiro atoms. The summed E-state index contributed by atoms with van der Waals surface area (Å²) >= 11 is 0. The van der Waals surface area contributed by atoms with Gasteiger partial charge in [0.2, 0.25) is 17.1 Å². The highest BCUT2D eigenvalue weighted by Gasteiger charge is 2.79. The molecule has 2 aliphatic heterocycles. The maximum absolute atomic E-state index is 10.3. The lowest BCUT2D eigenvalue weighted by atomic mass is 9.52. The highest BCUT2D eigenvalue weighted by Crippen LogP contribution is 2.66. The molecule has 29 heavy (non-hydrogen) atoms. The van der Waals surface area contributed by atoms with E-state index in [1.54, 1.807) is 31.2 Å². The zero-order chi connectivity index (χ0) is 20.7. The van der Waals surface area contributed by atoms with E-state index in [4.69, 9.17) is 14.9 Å². The lowest BCUT2D eigenvalue weighted by Crippen LogP contribution is -2.59. The molecule has 1 N–H and O–H groups in total. The van der Waals surface area contributed by atoms with Crippen molar-refractivity contribution in [1.29, 1.82) is 21.2 Å². The number of hydrogen-bond donors (Lipinski definition) is 1. The summed E-state index contributed by atoms with van der Waals surface area (Å²) in [5.41, 5.74) is -2.19. The van der Waals surface area contributed by atoms with Crippen molar-refractivity contribution in [2.24, 2.45) is 16.7 Å². The van der Waals surface area contributed by atoms with E-state index < -0.39 is 28.6 Å². The number of nitriles is 3. The topological polar surface area (TPSA) is 114 Å². The van der Waals surface area contributed by atoms with Crippen molar-refractivity contribution in [2.75, 3.05) is 0 Å². The van der Waals surface area contributed by atoms with Crippen LogP contribution in [0.2, 0.25) is 0 Å². The van der Waals surface area contributed by atoms with Gasteiger partial charge in [-0.1, -0.05) is 60.7 Å². The van der Waals surface area contributed by atoms with Crippen LogP contribution in [0.15, 0.2) is 60.7 Å². The molecule has 2 aliphatic rings. The average Bonchev–Trinajstić information content (AvgIpc) is 2.91. The zero-order valence-electron chi connectivity index (χ0n) is 15.8. The highest BCUT2D eigenvalue weighted by atomic mass is 16.7. The first-order chi connectivity index (χ1) is 14.0. The Morgan fingerprint density at radius 2 is 1.52 bits per heavy atom. The van der Waals surface area contributed by atoms with Gasteiger partial charge in [-0.15, -0.1) is 0 Å². The fourth-order valence-electron chi connectivity index (χ4n) is 4.66. The lowest BCUT2D eigenvalue weighted by molar-refractivity contribution is -0.272. The third-order valence-corrected chi connectivity index (χ3v) is 6.10. The van der Waals surface area contributed by atoms with Crippen molar-refractivity contribution in [2.45, 2.75) is 25.2 Å². The number of nitrogens with one attached hydrogen (secondary N) is 1. The number of ether oxygens (including phenoxy) is 2. The lowest BCUT2D eigenvalue weighted by Gasteiger charge is -2.48. The Morgan fingerprint density at radius 3 is 2.07 bits per heavy atom. The van der Waals surface area contributed by atoms with E-state index in [1.807, 2.05) is 36.4 Å². The molecule has 6 heteroatoms. The van der Waals surface area contributed by atoms with Gasteiger partial charge in [0.1, 0.15) is 6.10 Å². The van der Waals surface area contributed by atoms with E-state index in [9.17, 15) is 15.8 Å². The minimum atomic E-state index is -1.93. The van der Waals surface area contributed by atoms with Gasteiger partial charge >= 0.3 is 0 Å². The van der Waals surface area contributed by atoms with Gasteiger partial charge in [-0.05, 0) is 17.5 Å². The highest BCUT2D eigenvalue weighted by molar-refractivity contribution is 5.89. The number of rotatable bonds is 3. The van der Waals surface area contributed by atoms with E-state index in [0.29, 0.717) is 12.0 Å². The molecule has 0 saturated carbocycles. The molecule has 2 aromatic rings. The van der Waals surface area contributed by atoms with E-state index in [1.165, 1.54) is 0 Å². The molecule has 2 bridgehead atoms. The van der Waals surface area contributed by atoms with Crippen molar-refractivity contribution < 1.29 is 9.47 Å². The number of hydrogen-bond acceptors (Lipinski definition) is 6. The fourth-order valence-corrected chi connectivity index (χ4v) is 4.66. The second-order valence-corrected chi connectivity index (χ2v) is 7.55. The largest absolute Gasteiger partial charge is 0.448 e. The van der Waals surface area contributed by atoms with Crippen LogP contribution in [0.5, 0.6) is 0 Å². The van der Waals surface area contributed by atoms with Gasteiger partial charge in [-0.3, -0.25) is 5.41 Å². The summed E-state index contributed by atoms with van der Waals surface area (Å²) in [4.78, 5) is 0. The summed E-state index contributed by atoms with van der Waals surface area (Å²) in [5, 5.41) is 39.3. The maximum Gasteiger partial charge on any atom is 0.215 e. The summed E-state index contributed by atoms with van der Waals surface area (Å²) in [7, 11) is 0. The minimum Gasteiger partial charge on any atom is -0.448 e. The third-order valence-electron chi connectivity index (χ3n) is 6.10. The van der Waals surface area contributed by atoms with E-state index in [-0.39, 0.29) is 5.90 Å². The first-order valence-electron chi connectivity index (χ1n) is 9.26. The minimum absolute atomic E-state index is 0.333. The standard InChI is InChI=1S/C23H18N4O2/c1-21-18(12-16-8-4-2-5-9-16)23(15-26,20(27)29-21)22(13-24,14-25)19(28-21)17-10-6-3-7-11-17/h2-11,18-19,27H,12H2,1H3. The van der Waals surface area contributed by atoms with E-state index >= 15 is 0 Å². The second kappa shape index (κ2) is 6.45. The van der Waals surface area contributed by atoms with Crippen LogP contribution in [-0.2, 0) is 15.9 Å². The van der Waals surface area contributed by atoms with Crippen LogP contribution < -0.4 is 0 Å². The van der Waals surface area contributed by atoms with Gasteiger partial charge < -0.3 is 9.47 Å². The Bertz CT molecular complexity index is 1070. The molecule has 2 heterocycles. The molecule has 4 rings (SSSR count). The van der Waals surface area contributed by atoms with Crippen molar-refractivity contribution >= 4 is 5.90 Å². The van der Waals surface area contributed by atoms with Crippen LogP contribution in [0.25, 0.3) is 0 Å². The van der Waals surface area contributed by atoms with Crippen LogP contribution in [0, 0.1) is 56.2 Å². The van der Waals surface area contributed by atoms with Crippen LogP contribution >= 0.6 is 0 Å². The predicted molar refractivity (Wildman–Crippen MR) is 103 cm³/mol. The van der Waals surface area contributed by atoms with Gasteiger partial charge in [0.15, 0.2) is 5.41 Å². The summed E-state index contributed by atoms with van der Waals surface area (Å²) < 4.78 is 12.1. The molecule has 0 radical (unpaired) electrons. The molecular weight excluding hydrogens is 364 g/mol. The van der Waals surface area contributed by atoms with E-state index in [0.717, 1.165) is 5.56 Å². The van der Waals surface area contributed by atoms with Gasteiger partial charge in [-0.2, -0.15) is 15.8 Å². The Balaban J connectivity index is 1.95. The molecule has 2 saturated heterocycles. The van der Waals surface area contributed by atoms with Crippen molar-refractivity contribution in [3.05, 3.63) is 71.8 Å². The van der Waals surface area contributed by atoms with Crippen molar-refractivity contribution in [3.63, 3.8) is 0 Å². The summed E-state index contributed by atoms with van der Waals surface area (Å²) in [6, 6.07) is 24.6. The van der Waals surface area contributed by atoms with Crippen molar-refractivity contribution in [1.82, 2.24) is 0 Å². The first kappa shape index (κ1) is 18.7. The third kappa shape index (κ3) is 2.32. The maximum atomic E-state index is 10.3. The van der Waals surface area contributed by atoms with Gasteiger partial charge in [0.05, 0.1) is 24.1 Å². The summed E-state index contributed by atoms with van der Waals surface area (Å²) in [6.45, 7) is 1.68. The molecular formula is C23H18N4O2. The molecule has 0 aromatic heterocycles. The summed E-state index contributed by atoms with van der Waals surface area (Å²) in [6.07, 6.45) is -0.696.